The molecule has 3 heterocycles. The maximum absolute atomic E-state index is 5.49. The first-order valence-electron chi connectivity index (χ1n) is 11.6. The predicted octanol–water partition coefficient (Wildman–Crippen LogP) is 2.48. The van der Waals surface area contributed by atoms with Gasteiger partial charge >= 0.3 is 0 Å². The summed E-state index contributed by atoms with van der Waals surface area (Å²) in [5, 5.41) is 7.08. The van der Waals surface area contributed by atoms with E-state index >= 15 is 0 Å². The van der Waals surface area contributed by atoms with E-state index in [1.807, 2.05) is 19.3 Å². The summed E-state index contributed by atoms with van der Waals surface area (Å²) in [6.45, 7) is 12.0. The Morgan fingerprint density at radius 2 is 1.83 bits per heavy atom. The molecule has 168 valence electrons. The van der Waals surface area contributed by atoms with Crippen molar-refractivity contribution in [1.82, 2.24) is 20.5 Å². The Morgan fingerprint density at radius 1 is 1.10 bits per heavy atom. The highest BCUT2D eigenvalue weighted by Gasteiger charge is 2.23. The maximum atomic E-state index is 5.49. The first-order valence-corrected chi connectivity index (χ1v) is 11.6. The highest BCUT2D eigenvalue weighted by molar-refractivity contribution is 5.79. The summed E-state index contributed by atoms with van der Waals surface area (Å²) >= 11 is 0. The van der Waals surface area contributed by atoms with E-state index in [4.69, 9.17) is 4.74 Å². The molecule has 1 unspecified atom stereocenters. The van der Waals surface area contributed by atoms with Crippen LogP contribution in [0.1, 0.15) is 45.1 Å². The first kappa shape index (κ1) is 22.8. The summed E-state index contributed by atoms with van der Waals surface area (Å²) in [7, 11) is 1.85. The van der Waals surface area contributed by atoms with Crippen molar-refractivity contribution in [3.63, 3.8) is 0 Å². The van der Waals surface area contributed by atoms with Gasteiger partial charge in [-0.3, -0.25) is 9.89 Å². The predicted molar refractivity (Wildman–Crippen MR) is 124 cm³/mol. The van der Waals surface area contributed by atoms with Crippen molar-refractivity contribution in [1.29, 1.82) is 0 Å². The van der Waals surface area contributed by atoms with Crippen LogP contribution in [0.3, 0.4) is 0 Å². The van der Waals surface area contributed by atoms with E-state index < -0.39 is 0 Å². The van der Waals surface area contributed by atoms with Crippen LogP contribution in [0.15, 0.2) is 23.3 Å². The number of rotatable bonds is 7. The van der Waals surface area contributed by atoms with Crippen molar-refractivity contribution in [2.75, 3.05) is 57.9 Å². The molecule has 0 amide bonds. The average molecular weight is 417 g/mol. The monoisotopic (exact) mass is 416 g/mol. The number of hydrogen-bond donors (Lipinski definition) is 2. The van der Waals surface area contributed by atoms with Gasteiger partial charge in [-0.05, 0) is 37.9 Å². The molecule has 7 heteroatoms. The summed E-state index contributed by atoms with van der Waals surface area (Å²) in [5.41, 5.74) is 1.19. The molecule has 0 saturated carbocycles. The summed E-state index contributed by atoms with van der Waals surface area (Å²) in [5.74, 6) is 2.51. The fraction of sp³-hybridized carbons (Fsp3) is 0.739. The van der Waals surface area contributed by atoms with Crippen molar-refractivity contribution >= 4 is 11.8 Å². The van der Waals surface area contributed by atoms with E-state index in [0.29, 0.717) is 18.5 Å². The third-order valence-corrected chi connectivity index (χ3v) is 6.21. The minimum atomic E-state index is 0.531. The fourth-order valence-corrected chi connectivity index (χ4v) is 4.44. The number of morpholine rings is 1. The second-order valence-corrected chi connectivity index (χ2v) is 8.65. The molecule has 0 spiro atoms. The maximum Gasteiger partial charge on any atom is 0.191 e. The van der Waals surface area contributed by atoms with Gasteiger partial charge < -0.3 is 20.3 Å². The quantitative estimate of drug-likeness (QED) is 0.526. The number of nitrogens with zero attached hydrogens (tertiary/aromatic N) is 4. The SMILES string of the molecule is CN=C(NCc1cccnc1N1CCOCC1)NCC(C(C)C)N1CCCCCC1. The zero-order valence-electron chi connectivity index (χ0n) is 19.1. The molecular weight excluding hydrogens is 376 g/mol. The molecule has 2 N–H and O–H groups in total. The van der Waals surface area contributed by atoms with Gasteiger partial charge in [0.1, 0.15) is 5.82 Å². The third-order valence-electron chi connectivity index (χ3n) is 6.21. The lowest BCUT2D eigenvalue weighted by molar-refractivity contribution is 0.122. The number of guanidine groups is 1. The first-order chi connectivity index (χ1) is 14.7. The lowest BCUT2D eigenvalue weighted by Crippen LogP contribution is -2.49. The van der Waals surface area contributed by atoms with Crippen molar-refractivity contribution < 1.29 is 4.74 Å². The number of likely N-dealkylation sites (tertiary alicyclic amines) is 1. The van der Waals surface area contributed by atoms with Gasteiger partial charge in [0, 0.05) is 51.0 Å². The number of hydrogen-bond acceptors (Lipinski definition) is 5. The molecule has 2 fully saturated rings. The second kappa shape index (κ2) is 12.1. The van der Waals surface area contributed by atoms with Crippen LogP contribution in [0.25, 0.3) is 0 Å². The number of ether oxygens (including phenoxy) is 1. The fourth-order valence-electron chi connectivity index (χ4n) is 4.44. The number of nitrogens with one attached hydrogen (secondary N) is 2. The van der Waals surface area contributed by atoms with Crippen molar-refractivity contribution in [2.24, 2.45) is 10.9 Å². The van der Waals surface area contributed by atoms with E-state index in [1.165, 1.54) is 44.3 Å². The van der Waals surface area contributed by atoms with Crippen LogP contribution in [0.4, 0.5) is 5.82 Å². The zero-order chi connectivity index (χ0) is 21.2. The molecule has 2 aliphatic heterocycles. The minimum absolute atomic E-state index is 0.531. The highest BCUT2D eigenvalue weighted by Crippen LogP contribution is 2.19. The molecule has 0 radical (unpaired) electrons. The normalized spacial score (nSPS) is 20.1. The molecule has 1 aromatic rings. The van der Waals surface area contributed by atoms with Crippen LogP contribution in [0.5, 0.6) is 0 Å². The number of aliphatic imine (C=N–C) groups is 1. The van der Waals surface area contributed by atoms with Gasteiger partial charge in [0.2, 0.25) is 0 Å². The zero-order valence-corrected chi connectivity index (χ0v) is 19.1. The molecule has 1 atom stereocenters. The van der Waals surface area contributed by atoms with Gasteiger partial charge in [0.25, 0.3) is 0 Å². The summed E-state index contributed by atoms with van der Waals surface area (Å²) < 4.78 is 5.49. The Hall–Kier alpha value is -1.86. The Morgan fingerprint density at radius 3 is 2.50 bits per heavy atom. The van der Waals surface area contributed by atoms with Gasteiger partial charge in [0.15, 0.2) is 5.96 Å². The summed E-state index contributed by atoms with van der Waals surface area (Å²) in [6, 6.07) is 4.68. The Labute approximate surface area is 182 Å². The number of pyridine rings is 1. The van der Waals surface area contributed by atoms with Crippen LogP contribution in [-0.4, -0.2) is 74.9 Å². The largest absolute Gasteiger partial charge is 0.378 e. The Balaban J connectivity index is 1.55. The van der Waals surface area contributed by atoms with Gasteiger partial charge in [0.05, 0.1) is 13.2 Å². The van der Waals surface area contributed by atoms with Crippen LogP contribution in [0.2, 0.25) is 0 Å². The Kier molecular flexibility index (Phi) is 9.21. The minimum Gasteiger partial charge on any atom is -0.378 e. The van der Waals surface area contributed by atoms with Crippen LogP contribution < -0.4 is 15.5 Å². The lowest BCUT2D eigenvalue weighted by atomic mass is 10.0. The molecule has 2 saturated heterocycles. The van der Waals surface area contributed by atoms with Crippen LogP contribution in [0, 0.1) is 5.92 Å². The van der Waals surface area contributed by atoms with Crippen LogP contribution in [-0.2, 0) is 11.3 Å². The molecule has 7 nitrogen and oxygen atoms in total. The van der Waals surface area contributed by atoms with E-state index in [-0.39, 0.29) is 0 Å². The number of anilines is 1. The molecule has 2 aliphatic rings. The molecule has 0 aromatic carbocycles. The lowest BCUT2D eigenvalue weighted by Gasteiger charge is -2.34. The molecule has 0 aliphatic carbocycles. The van der Waals surface area contributed by atoms with Crippen molar-refractivity contribution in [2.45, 2.75) is 52.1 Å². The van der Waals surface area contributed by atoms with E-state index in [2.05, 4.69) is 50.3 Å². The van der Waals surface area contributed by atoms with Gasteiger partial charge in [-0.1, -0.05) is 32.8 Å². The van der Waals surface area contributed by atoms with Crippen molar-refractivity contribution in [3.05, 3.63) is 23.9 Å². The topological polar surface area (TPSA) is 65.0 Å². The smallest absolute Gasteiger partial charge is 0.191 e. The third kappa shape index (κ3) is 6.57. The standard InChI is InChI=1S/C23H40N6O/c1-19(2)21(28-11-6-4-5-7-12-28)18-27-23(24-3)26-17-20-9-8-10-25-22(20)29-13-15-30-16-14-29/h8-10,19,21H,4-7,11-18H2,1-3H3,(H2,24,26,27). The van der Waals surface area contributed by atoms with E-state index in [0.717, 1.165) is 44.6 Å². The van der Waals surface area contributed by atoms with Gasteiger partial charge in [-0.2, -0.15) is 0 Å². The van der Waals surface area contributed by atoms with Crippen LogP contribution >= 0.6 is 0 Å². The molecule has 1 aromatic heterocycles. The Bertz CT molecular complexity index is 651. The van der Waals surface area contributed by atoms with E-state index in [1.54, 1.807) is 0 Å². The van der Waals surface area contributed by atoms with Crippen molar-refractivity contribution in [3.8, 4) is 0 Å². The summed E-state index contributed by atoms with van der Waals surface area (Å²) in [6.07, 6.45) is 7.25. The molecule has 0 bridgehead atoms. The molecule has 3 rings (SSSR count). The molecular formula is C23H40N6O. The van der Waals surface area contributed by atoms with Gasteiger partial charge in [-0.25, -0.2) is 4.98 Å². The van der Waals surface area contributed by atoms with E-state index in [9.17, 15) is 0 Å². The second-order valence-electron chi connectivity index (χ2n) is 8.65. The summed E-state index contributed by atoms with van der Waals surface area (Å²) in [4.78, 5) is 14.1. The average Bonchev–Trinajstić information content (AvgIpc) is 3.06. The molecule has 30 heavy (non-hydrogen) atoms. The van der Waals surface area contributed by atoms with Gasteiger partial charge in [-0.15, -0.1) is 0 Å². The highest BCUT2D eigenvalue weighted by atomic mass is 16.5. The number of aromatic nitrogens is 1.